The third-order valence-electron chi connectivity index (χ3n) is 5.06. The van der Waals surface area contributed by atoms with Crippen molar-refractivity contribution in [2.24, 2.45) is 0 Å². The molecule has 1 amide bonds. The molecule has 136 valence electrons. The summed E-state index contributed by atoms with van der Waals surface area (Å²) in [6.45, 7) is 3.62. The molecule has 1 aromatic carbocycles. The van der Waals surface area contributed by atoms with Crippen LogP contribution in [0.25, 0.3) is 0 Å². The predicted octanol–water partition coefficient (Wildman–Crippen LogP) is 2.25. The van der Waals surface area contributed by atoms with E-state index in [2.05, 4.69) is 14.9 Å². The SMILES string of the molecule is O=C(c1cnccn1)N1CCO[C@H]2CCN(Cc3ccccc3Cl)C[C@@H]21. The van der Waals surface area contributed by atoms with Crippen LogP contribution in [0, 0.1) is 0 Å². The second-order valence-electron chi connectivity index (χ2n) is 6.68. The standard InChI is InChI=1S/C19H21ClN4O2/c20-15-4-2-1-3-14(15)12-23-8-5-18-17(13-23)24(9-10-26-18)19(25)16-11-21-6-7-22-16/h1-4,6-7,11,17-18H,5,8-10,12-13H2/t17-,18-/m0/s1. The molecule has 1 aromatic heterocycles. The highest BCUT2D eigenvalue weighted by molar-refractivity contribution is 6.31. The molecule has 0 unspecified atom stereocenters. The number of morpholine rings is 1. The van der Waals surface area contributed by atoms with Gasteiger partial charge in [-0.2, -0.15) is 0 Å². The van der Waals surface area contributed by atoms with Gasteiger partial charge in [0, 0.05) is 43.6 Å². The number of rotatable bonds is 3. The molecule has 0 spiro atoms. The summed E-state index contributed by atoms with van der Waals surface area (Å²) >= 11 is 6.31. The summed E-state index contributed by atoms with van der Waals surface area (Å²) in [5.41, 5.74) is 1.49. The van der Waals surface area contributed by atoms with E-state index in [9.17, 15) is 4.79 Å². The van der Waals surface area contributed by atoms with Crippen LogP contribution < -0.4 is 0 Å². The maximum atomic E-state index is 12.9. The average Bonchev–Trinajstić information content (AvgIpc) is 2.69. The Morgan fingerprint density at radius 1 is 1.27 bits per heavy atom. The monoisotopic (exact) mass is 372 g/mol. The van der Waals surface area contributed by atoms with Gasteiger partial charge in [-0.05, 0) is 18.1 Å². The zero-order valence-electron chi connectivity index (χ0n) is 14.4. The molecule has 0 radical (unpaired) electrons. The predicted molar refractivity (Wildman–Crippen MR) is 97.9 cm³/mol. The van der Waals surface area contributed by atoms with Crippen LogP contribution in [0.5, 0.6) is 0 Å². The second-order valence-corrected chi connectivity index (χ2v) is 7.09. The lowest BCUT2D eigenvalue weighted by Crippen LogP contribution is -2.61. The Hall–Kier alpha value is -2.02. The molecule has 7 heteroatoms. The van der Waals surface area contributed by atoms with Gasteiger partial charge in [-0.1, -0.05) is 29.8 Å². The topological polar surface area (TPSA) is 58.6 Å². The molecule has 2 aromatic rings. The van der Waals surface area contributed by atoms with E-state index >= 15 is 0 Å². The van der Waals surface area contributed by atoms with Gasteiger partial charge < -0.3 is 9.64 Å². The lowest BCUT2D eigenvalue weighted by atomic mass is 9.97. The summed E-state index contributed by atoms with van der Waals surface area (Å²) in [5, 5.41) is 0.780. The maximum Gasteiger partial charge on any atom is 0.274 e. The zero-order valence-corrected chi connectivity index (χ0v) is 15.2. The summed E-state index contributed by atoms with van der Waals surface area (Å²) in [6, 6.07) is 7.93. The van der Waals surface area contributed by atoms with Crippen molar-refractivity contribution in [1.82, 2.24) is 19.8 Å². The number of aromatic nitrogens is 2. The Balaban J connectivity index is 1.50. The molecule has 0 saturated carbocycles. The minimum atomic E-state index is -0.0732. The molecule has 2 aliphatic heterocycles. The van der Waals surface area contributed by atoms with Crippen molar-refractivity contribution in [2.45, 2.75) is 25.1 Å². The number of nitrogens with zero attached hydrogens (tertiary/aromatic N) is 4. The highest BCUT2D eigenvalue weighted by Crippen LogP contribution is 2.26. The fraction of sp³-hybridized carbons (Fsp3) is 0.421. The molecule has 0 bridgehead atoms. The van der Waals surface area contributed by atoms with Crippen LogP contribution in [0.1, 0.15) is 22.5 Å². The lowest BCUT2D eigenvalue weighted by molar-refractivity contribution is -0.0915. The first-order chi connectivity index (χ1) is 12.7. The number of likely N-dealkylation sites (tertiary alicyclic amines) is 1. The van der Waals surface area contributed by atoms with E-state index in [4.69, 9.17) is 16.3 Å². The molecule has 2 atom stereocenters. The molecule has 6 nitrogen and oxygen atoms in total. The normalized spacial score (nSPS) is 23.5. The van der Waals surface area contributed by atoms with Gasteiger partial charge in [0.05, 0.1) is 24.9 Å². The van der Waals surface area contributed by atoms with E-state index in [1.165, 1.54) is 6.20 Å². The van der Waals surface area contributed by atoms with Crippen molar-refractivity contribution in [3.63, 3.8) is 0 Å². The molecule has 2 aliphatic rings. The van der Waals surface area contributed by atoms with Gasteiger partial charge in [-0.3, -0.25) is 14.7 Å². The summed E-state index contributed by atoms with van der Waals surface area (Å²) in [4.78, 5) is 25.3. The van der Waals surface area contributed by atoms with Gasteiger partial charge in [0.15, 0.2) is 0 Å². The molecule has 0 aliphatic carbocycles. The smallest absolute Gasteiger partial charge is 0.274 e. The summed E-state index contributed by atoms with van der Waals surface area (Å²) in [7, 11) is 0. The number of halogens is 1. The Morgan fingerprint density at radius 3 is 2.96 bits per heavy atom. The van der Waals surface area contributed by atoms with Crippen LogP contribution in [0.15, 0.2) is 42.9 Å². The quantitative estimate of drug-likeness (QED) is 0.827. The average molecular weight is 373 g/mol. The Bertz CT molecular complexity index is 773. The number of benzene rings is 1. The van der Waals surface area contributed by atoms with Crippen molar-refractivity contribution in [2.75, 3.05) is 26.2 Å². The summed E-state index contributed by atoms with van der Waals surface area (Å²) in [6.07, 6.45) is 5.63. The fourth-order valence-corrected chi connectivity index (χ4v) is 3.95. The van der Waals surface area contributed by atoms with Crippen LogP contribution in [0.4, 0.5) is 0 Å². The van der Waals surface area contributed by atoms with Crippen LogP contribution in [-0.2, 0) is 11.3 Å². The molecule has 26 heavy (non-hydrogen) atoms. The maximum absolute atomic E-state index is 12.9. The van der Waals surface area contributed by atoms with E-state index < -0.39 is 0 Å². The largest absolute Gasteiger partial charge is 0.374 e. The molecule has 2 fully saturated rings. The number of amides is 1. The van der Waals surface area contributed by atoms with Crippen LogP contribution in [0.2, 0.25) is 5.02 Å². The minimum Gasteiger partial charge on any atom is -0.374 e. The third kappa shape index (κ3) is 3.58. The highest BCUT2D eigenvalue weighted by Gasteiger charge is 2.39. The third-order valence-corrected chi connectivity index (χ3v) is 5.43. The van der Waals surface area contributed by atoms with Crippen LogP contribution in [-0.4, -0.2) is 64.1 Å². The van der Waals surface area contributed by atoms with Gasteiger partial charge in [0.25, 0.3) is 5.91 Å². The Labute approximate surface area is 157 Å². The summed E-state index contributed by atoms with van der Waals surface area (Å²) < 4.78 is 5.94. The Kier molecular flexibility index (Phi) is 5.15. The minimum absolute atomic E-state index is 0.0227. The van der Waals surface area contributed by atoms with Crippen LogP contribution >= 0.6 is 11.6 Å². The molecule has 3 heterocycles. The fourth-order valence-electron chi connectivity index (χ4n) is 3.76. The Morgan fingerprint density at radius 2 is 2.15 bits per heavy atom. The highest BCUT2D eigenvalue weighted by atomic mass is 35.5. The van der Waals surface area contributed by atoms with Crippen molar-refractivity contribution in [3.05, 3.63) is 59.1 Å². The number of carbonyl (C=O) groups excluding carboxylic acids is 1. The van der Waals surface area contributed by atoms with Crippen molar-refractivity contribution >= 4 is 17.5 Å². The number of carbonyl (C=O) groups is 1. The molecule has 4 rings (SSSR count). The number of fused-ring (bicyclic) bond motifs is 1. The first kappa shape index (κ1) is 17.4. The number of ether oxygens (including phenoxy) is 1. The lowest BCUT2D eigenvalue weighted by Gasteiger charge is -2.47. The van der Waals surface area contributed by atoms with Crippen molar-refractivity contribution in [3.8, 4) is 0 Å². The summed E-state index contributed by atoms with van der Waals surface area (Å²) in [5.74, 6) is -0.0732. The van der Waals surface area contributed by atoms with Gasteiger partial charge >= 0.3 is 0 Å². The van der Waals surface area contributed by atoms with Crippen molar-refractivity contribution in [1.29, 1.82) is 0 Å². The molecule has 0 N–H and O–H groups in total. The van der Waals surface area contributed by atoms with E-state index in [1.54, 1.807) is 12.4 Å². The second kappa shape index (κ2) is 7.70. The zero-order chi connectivity index (χ0) is 17.9. The van der Waals surface area contributed by atoms with Crippen molar-refractivity contribution < 1.29 is 9.53 Å². The van der Waals surface area contributed by atoms with Gasteiger partial charge in [-0.15, -0.1) is 0 Å². The number of hydrogen-bond acceptors (Lipinski definition) is 5. The van der Waals surface area contributed by atoms with E-state index in [1.807, 2.05) is 29.2 Å². The van der Waals surface area contributed by atoms with Crippen LogP contribution in [0.3, 0.4) is 0 Å². The molecular weight excluding hydrogens is 352 g/mol. The van der Waals surface area contributed by atoms with Gasteiger partial charge in [0.1, 0.15) is 5.69 Å². The number of piperidine rings is 1. The van der Waals surface area contributed by atoms with E-state index in [0.29, 0.717) is 18.8 Å². The molecule has 2 saturated heterocycles. The van der Waals surface area contributed by atoms with E-state index in [0.717, 1.165) is 36.6 Å². The van der Waals surface area contributed by atoms with Gasteiger partial charge in [0.2, 0.25) is 0 Å². The van der Waals surface area contributed by atoms with Gasteiger partial charge in [-0.25, -0.2) is 4.98 Å². The van der Waals surface area contributed by atoms with E-state index in [-0.39, 0.29) is 18.1 Å². The first-order valence-electron chi connectivity index (χ1n) is 8.87. The molecular formula is C19H21ClN4O2. The number of hydrogen-bond donors (Lipinski definition) is 0. The first-order valence-corrected chi connectivity index (χ1v) is 9.24.